The lowest BCUT2D eigenvalue weighted by Crippen LogP contribution is -2.11. The Bertz CT molecular complexity index is 845. The fraction of sp³-hybridized carbons (Fsp3) is 0.176. The number of fused-ring (bicyclic) bond motifs is 1. The van der Waals surface area contributed by atoms with Crippen LogP contribution in [0.15, 0.2) is 42.5 Å². The van der Waals surface area contributed by atoms with Gasteiger partial charge in [0.05, 0.1) is 23.9 Å². The van der Waals surface area contributed by atoms with Gasteiger partial charge in [-0.05, 0) is 35.9 Å². The minimum atomic E-state index is -0.329. The molecule has 1 aromatic heterocycles. The Labute approximate surface area is 142 Å². The number of aromatic nitrogens is 1. The van der Waals surface area contributed by atoms with E-state index < -0.39 is 0 Å². The number of nitrogens with one attached hydrogen (secondary N) is 1. The van der Waals surface area contributed by atoms with E-state index in [0.29, 0.717) is 17.3 Å². The third-order valence-electron chi connectivity index (χ3n) is 3.39. The molecule has 0 aliphatic heterocycles. The van der Waals surface area contributed by atoms with Crippen molar-refractivity contribution in [1.29, 1.82) is 0 Å². The molecule has 2 aromatic carbocycles. The van der Waals surface area contributed by atoms with Crippen LogP contribution in [0, 0.1) is 0 Å². The number of ether oxygens (including phenoxy) is 2. The number of amides is 1. The lowest BCUT2D eigenvalue weighted by atomic mass is 10.1. The molecular weight excluding hydrogens is 328 g/mol. The second kappa shape index (κ2) is 7.39. The lowest BCUT2D eigenvalue weighted by molar-refractivity contribution is -0.0112. The van der Waals surface area contributed by atoms with E-state index in [0.717, 1.165) is 21.5 Å². The number of benzene rings is 2. The Morgan fingerprint density at radius 2 is 2.04 bits per heavy atom. The molecule has 3 aromatic rings. The first-order chi connectivity index (χ1) is 11.7. The van der Waals surface area contributed by atoms with Gasteiger partial charge in [-0.1, -0.05) is 23.5 Å². The van der Waals surface area contributed by atoms with E-state index in [4.69, 9.17) is 14.6 Å². The topological polar surface area (TPSA) is 80.7 Å². The van der Waals surface area contributed by atoms with E-state index >= 15 is 0 Å². The number of carbonyl (C=O) groups excluding carboxylic acids is 1. The van der Waals surface area contributed by atoms with Gasteiger partial charge < -0.3 is 14.6 Å². The summed E-state index contributed by atoms with van der Waals surface area (Å²) in [4.78, 5) is 16.7. The summed E-state index contributed by atoms with van der Waals surface area (Å²) in [6.45, 7) is -0.0251. The number of thiazole rings is 1. The number of anilines is 1. The molecule has 0 aliphatic carbocycles. The molecule has 0 radical (unpaired) electrons. The van der Waals surface area contributed by atoms with Crippen LogP contribution in [0.2, 0.25) is 0 Å². The van der Waals surface area contributed by atoms with Crippen LogP contribution in [0.4, 0.5) is 5.13 Å². The Morgan fingerprint density at radius 1 is 1.25 bits per heavy atom. The Balaban J connectivity index is 1.72. The summed E-state index contributed by atoms with van der Waals surface area (Å²) in [5, 5.41) is 12.0. The van der Waals surface area contributed by atoms with E-state index in [-0.39, 0.29) is 12.7 Å². The normalized spacial score (nSPS) is 10.8. The Kier molecular flexibility index (Phi) is 5.05. The molecular formula is C17H16N2O4S. The van der Waals surface area contributed by atoms with Crippen molar-refractivity contribution in [2.75, 3.05) is 19.2 Å². The molecule has 1 heterocycles. The molecule has 2 N–H and O–H groups in total. The summed E-state index contributed by atoms with van der Waals surface area (Å²) >= 11 is 1.39. The quantitative estimate of drug-likeness (QED) is 0.672. The van der Waals surface area contributed by atoms with Crippen LogP contribution < -0.4 is 10.1 Å². The summed E-state index contributed by atoms with van der Waals surface area (Å²) in [5.74, 6) is 0.528. The number of carbonyl (C=O) groups is 1. The minimum absolute atomic E-state index is 0.226. The second-order valence-corrected chi connectivity index (χ2v) is 6.01. The summed E-state index contributed by atoms with van der Waals surface area (Å²) in [6, 6.07) is 12.6. The predicted octanol–water partition coefficient (Wildman–Crippen LogP) is 3.02. The molecule has 0 atom stereocenters. The van der Waals surface area contributed by atoms with Crippen LogP contribution >= 0.6 is 11.3 Å². The SMILES string of the molecule is COc1ccc2nc(NC(=O)c3ccc(COCO)cc3)sc2c1. The smallest absolute Gasteiger partial charge is 0.257 e. The summed E-state index contributed by atoms with van der Waals surface area (Å²) in [5.41, 5.74) is 2.22. The van der Waals surface area contributed by atoms with Gasteiger partial charge in [0.2, 0.25) is 0 Å². The molecule has 0 fully saturated rings. The molecule has 1 amide bonds. The van der Waals surface area contributed by atoms with Crippen molar-refractivity contribution < 1.29 is 19.4 Å². The van der Waals surface area contributed by atoms with Crippen molar-refractivity contribution in [3.8, 4) is 5.75 Å². The zero-order valence-corrected chi connectivity index (χ0v) is 13.8. The van der Waals surface area contributed by atoms with E-state index in [1.165, 1.54) is 11.3 Å². The van der Waals surface area contributed by atoms with Crippen molar-refractivity contribution >= 4 is 32.6 Å². The molecule has 124 valence electrons. The zero-order chi connectivity index (χ0) is 16.9. The fourth-order valence-corrected chi connectivity index (χ4v) is 3.06. The summed E-state index contributed by atoms with van der Waals surface area (Å²) in [7, 11) is 1.61. The molecule has 24 heavy (non-hydrogen) atoms. The third kappa shape index (κ3) is 3.70. The van der Waals surface area contributed by atoms with Crippen molar-refractivity contribution in [2.45, 2.75) is 6.61 Å². The molecule has 7 heteroatoms. The zero-order valence-electron chi connectivity index (χ0n) is 13.0. The van der Waals surface area contributed by atoms with Crippen molar-refractivity contribution in [1.82, 2.24) is 4.98 Å². The maximum absolute atomic E-state index is 12.3. The van der Waals surface area contributed by atoms with Gasteiger partial charge in [0.15, 0.2) is 5.13 Å². The first-order valence-corrected chi connectivity index (χ1v) is 8.04. The minimum Gasteiger partial charge on any atom is -0.497 e. The fourth-order valence-electron chi connectivity index (χ4n) is 2.17. The van der Waals surface area contributed by atoms with Crippen molar-refractivity contribution in [2.24, 2.45) is 0 Å². The van der Waals surface area contributed by atoms with Crippen LogP contribution in [0.1, 0.15) is 15.9 Å². The third-order valence-corrected chi connectivity index (χ3v) is 4.33. The standard InChI is InChI=1S/C17H16N2O4S/c1-22-13-6-7-14-15(8-13)24-17(18-14)19-16(21)12-4-2-11(3-5-12)9-23-10-20/h2-8,20H,9-10H2,1H3,(H,18,19,21). The number of nitrogens with zero attached hydrogens (tertiary/aromatic N) is 1. The van der Waals surface area contributed by atoms with Gasteiger partial charge in [0.25, 0.3) is 5.91 Å². The monoisotopic (exact) mass is 344 g/mol. The molecule has 0 saturated carbocycles. The van der Waals surface area contributed by atoms with Gasteiger partial charge in [-0.3, -0.25) is 10.1 Å². The van der Waals surface area contributed by atoms with Crippen molar-refractivity contribution in [3.05, 3.63) is 53.6 Å². The maximum atomic E-state index is 12.3. The van der Waals surface area contributed by atoms with Crippen LogP contribution in [0.25, 0.3) is 10.2 Å². The highest BCUT2D eigenvalue weighted by Gasteiger charge is 2.10. The molecule has 6 nitrogen and oxygen atoms in total. The number of aliphatic hydroxyl groups is 1. The maximum Gasteiger partial charge on any atom is 0.257 e. The Hall–Kier alpha value is -2.48. The largest absolute Gasteiger partial charge is 0.497 e. The molecule has 3 rings (SSSR count). The molecule has 0 spiro atoms. The Morgan fingerprint density at radius 3 is 2.75 bits per heavy atom. The van der Waals surface area contributed by atoms with Gasteiger partial charge in [0, 0.05) is 5.56 Å². The molecule has 0 saturated heterocycles. The van der Waals surface area contributed by atoms with E-state index in [1.807, 2.05) is 18.2 Å². The predicted molar refractivity (Wildman–Crippen MR) is 92.4 cm³/mol. The van der Waals surface area contributed by atoms with Gasteiger partial charge in [0.1, 0.15) is 12.5 Å². The number of rotatable bonds is 6. The molecule has 0 unspecified atom stereocenters. The summed E-state index contributed by atoms with van der Waals surface area (Å²) in [6.07, 6.45) is 0. The van der Waals surface area contributed by atoms with Gasteiger partial charge in [-0.15, -0.1) is 0 Å². The van der Waals surface area contributed by atoms with Gasteiger partial charge in [-0.25, -0.2) is 4.98 Å². The van der Waals surface area contributed by atoms with Gasteiger partial charge in [-0.2, -0.15) is 0 Å². The average molecular weight is 344 g/mol. The molecule has 0 aliphatic rings. The van der Waals surface area contributed by atoms with Crippen LogP contribution in [0.5, 0.6) is 5.75 Å². The van der Waals surface area contributed by atoms with Crippen LogP contribution in [0.3, 0.4) is 0 Å². The molecule has 0 bridgehead atoms. The number of hydrogen-bond acceptors (Lipinski definition) is 6. The average Bonchev–Trinajstić information content (AvgIpc) is 3.01. The number of aliphatic hydroxyl groups excluding tert-OH is 1. The number of hydrogen-bond donors (Lipinski definition) is 2. The second-order valence-electron chi connectivity index (χ2n) is 4.98. The lowest BCUT2D eigenvalue weighted by Gasteiger charge is -2.04. The highest BCUT2D eigenvalue weighted by Crippen LogP contribution is 2.29. The van der Waals surface area contributed by atoms with E-state index in [2.05, 4.69) is 10.3 Å². The summed E-state index contributed by atoms with van der Waals surface area (Å²) < 4.78 is 11.0. The van der Waals surface area contributed by atoms with Crippen molar-refractivity contribution in [3.63, 3.8) is 0 Å². The van der Waals surface area contributed by atoms with Crippen LogP contribution in [-0.4, -0.2) is 29.9 Å². The van der Waals surface area contributed by atoms with E-state index in [9.17, 15) is 4.79 Å². The van der Waals surface area contributed by atoms with Gasteiger partial charge >= 0.3 is 0 Å². The van der Waals surface area contributed by atoms with Crippen LogP contribution in [-0.2, 0) is 11.3 Å². The first kappa shape index (κ1) is 16.4. The highest BCUT2D eigenvalue weighted by molar-refractivity contribution is 7.22. The first-order valence-electron chi connectivity index (χ1n) is 7.23. The van der Waals surface area contributed by atoms with E-state index in [1.54, 1.807) is 31.4 Å². The highest BCUT2D eigenvalue weighted by atomic mass is 32.1. The number of methoxy groups -OCH3 is 1.